The molecule has 0 fully saturated rings. The number of carbonyl (C=O) groups is 2. The lowest BCUT2D eigenvalue weighted by molar-refractivity contribution is 0.0981. The average molecular weight is 553 g/mol. The minimum absolute atomic E-state index is 0.184. The Labute approximate surface area is 234 Å². The van der Waals surface area contributed by atoms with Gasteiger partial charge in [0.15, 0.2) is 5.89 Å². The molecule has 2 amide bonds. The molecule has 9 heteroatoms. The fraction of sp³-hybridized carbons (Fsp3) is 0.161. The molecular formula is C31H25FN4O3S. The number of carbonyl (C=O) groups excluding carboxylic acids is 2. The van der Waals surface area contributed by atoms with E-state index in [1.807, 2.05) is 42.5 Å². The molecule has 2 aromatic carbocycles. The number of hydrogen-bond acceptors (Lipinski definition) is 6. The summed E-state index contributed by atoms with van der Waals surface area (Å²) < 4.78 is 19.6. The number of oxazole rings is 1. The van der Waals surface area contributed by atoms with E-state index in [2.05, 4.69) is 15.3 Å². The number of hydrogen-bond donors (Lipinski definition) is 1. The van der Waals surface area contributed by atoms with Gasteiger partial charge in [-0.25, -0.2) is 14.4 Å². The quantitative estimate of drug-likeness (QED) is 0.260. The number of para-hydroxylation sites is 2. The number of amides is 2. The number of aromatic nitrogens is 2. The molecule has 0 spiro atoms. The van der Waals surface area contributed by atoms with Crippen LogP contribution in [0.5, 0.6) is 0 Å². The molecule has 1 N–H and O–H groups in total. The van der Waals surface area contributed by atoms with Crippen LogP contribution in [0.4, 0.5) is 15.8 Å². The van der Waals surface area contributed by atoms with Crippen LogP contribution >= 0.6 is 11.3 Å². The number of anilines is 2. The maximum absolute atomic E-state index is 14.3. The third-order valence-corrected chi connectivity index (χ3v) is 8.10. The number of nitrogens with one attached hydrogen (secondary N) is 1. The van der Waals surface area contributed by atoms with E-state index in [0.717, 1.165) is 27.4 Å². The van der Waals surface area contributed by atoms with Gasteiger partial charge in [0, 0.05) is 29.1 Å². The van der Waals surface area contributed by atoms with Crippen LogP contribution in [0.15, 0.2) is 83.6 Å². The lowest BCUT2D eigenvalue weighted by Crippen LogP contribution is -2.33. The maximum atomic E-state index is 14.3. The molecule has 0 atom stereocenters. The average Bonchev–Trinajstić information content (AvgIpc) is 3.62. The second-order valence-corrected chi connectivity index (χ2v) is 10.6. The maximum Gasteiger partial charge on any atom is 0.276 e. The number of pyridine rings is 1. The van der Waals surface area contributed by atoms with Crippen molar-refractivity contribution in [3.05, 3.63) is 118 Å². The minimum Gasteiger partial charge on any atom is -0.449 e. The fourth-order valence-corrected chi connectivity index (χ4v) is 6.01. The van der Waals surface area contributed by atoms with Gasteiger partial charge < -0.3 is 14.6 Å². The number of nitrogens with zero attached hydrogens (tertiary/aromatic N) is 3. The van der Waals surface area contributed by atoms with Crippen molar-refractivity contribution in [1.29, 1.82) is 0 Å². The highest BCUT2D eigenvalue weighted by Crippen LogP contribution is 2.42. The number of halogens is 1. The smallest absolute Gasteiger partial charge is 0.276 e. The summed E-state index contributed by atoms with van der Waals surface area (Å²) in [5.41, 5.74) is 4.59. The van der Waals surface area contributed by atoms with E-state index < -0.39 is 5.82 Å². The molecule has 6 rings (SSSR count). The number of rotatable bonds is 6. The molecular weight excluding hydrogens is 527 g/mol. The van der Waals surface area contributed by atoms with E-state index in [1.54, 1.807) is 36.2 Å². The van der Waals surface area contributed by atoms with Crippen molar-refractivity contribution in [2.75, 3.05) is 16.8 Å². The molecule has 0 saturated heterocycles. The molecule has 0 radical (unpaired) electrons. The van der Waals surface area contributed by atoms with Gasteiger partial charge in [-0.3, -0.25) is 9.59 Å². The van der Waals surface area contributed by atoms with Crippen molar-refractivity contribution in [3.63, 3.8) is 0 Å². The number of fused-ring (bicyclic) bond motifs is 3. The minimum atomic E-state index is -0.471. The van der Waals surface area contributed by atoms with Gasteiger partial charge >= 0.3 is 0 Å². The lowest BCUT2D eigenvalue weighted by Gasteiger charge is -2.23. The predicted octanol–water partition coefficient (Wildman–Crippen LogP) is 6.49. The van der Waals surface area contributed by atoms with Gasteiger partial charge in [0.05, 0.1) is 22.4 Å². The molecule has 3 aromatic heterocycles. The zero-order valence-electron chi connectivity index (χ0n) is 21.7. The molecule has 0 saturated carbocycles. The third-order valence-electron chi connectivity index (χ3n) is 6.89. The summed E-state index contributed by atoms with van der Waals surface area (Å²) in [7, 11) is 0. The molecule has 40 heavy (non-hydrogen) atoms. The summed E-state index contributed by atoms with van der Waals surface area (Å²) in [5, 5.41) is 2.73. The number of thiophene rings is 1. The fourth-order valence-electron chi connectivity index (χ4n) is 4.87. The van der Waals surface area contributed by atoms with Crippen molar-refractivity contribution < 1.29 is 18.4 Å². The predicted molar refractivity (Wildman–Crippen MR) is 152 cm³/mol. The van der Waals surface area contributed by atoms with Crippen molar-refractivity contribution >= 4 is 34.5 Å². The standard InChI is InChI=1S/C31H25FN4O3S/c1-19-6-4-9-23(32)28(19)35-30(37)26-18-20-14-16-36(25-11-3-2-8-22(25)29(20)40-26)31(38)24-10-5-7-21(34-24)12-13-27-33-15-17-39-27/h2-11,15,17-18H,12-14,16H2,1H3,(H,35,37). The van der Waals surface area contributed by atoms with Crippen LogP contribution in [-0.2, 0) is 19.3 Å². The van der Waals surface area contributed by atoms with E-state index in [4.69, 9.17) is 4.42 Å². The van der Waals surface area contributed by atoms with Crippen molar-refractivity contribution in [2.24, 2.45) is 0 Å². The van der Waals surface area contributed by atoms with Crippen LogP contribution in [0, 0.1) is 12.7 Å². The molecule has 5 aromatic rings. The van der Waals surface area contributed by atoms with E-state index in [1.165, 1.54) is 23.7 Å². The van der Waals surface area contributed by atoms with Gasteiger partial charge in [-0.1, -0.05) is 36.4 Å². The second kappa shape index (κ2) is 10.9. The van der Waals surface area contributed by atoms with Gasteiger partial charge in [0.25, 0.3) is 11.8 Å². The first-order valence-corrected chi connectivity index (χ1v) is 13.7. The van der Waals surface area contributed by atoms with E-state index in [9.17, 15) is 14.0 Å². The SMILES string of the molecule is Cc1cccc(F)c1NC(=O)c1cc2c(s1)-c1ccccc1N(C(=O)c1cccc(CCc3ncco3)n1)CC2. The first kappa shape index (κ1) is 25.6. The second-order valence-electron chi connectivity index (χ2n) is 9.51. The highest BCUT2D eigenvalue weighted by Gasteiger charge is 2.28. The summed E-state index contributed by atoms with van der Waals surface area (Å²) in [6.45, 7) is 2.18. The summed E-state index contributed by atoms with van der Waals surface area (Å²) in [6, 6.07) is 19.7. The summed E-state index contributed by atoms with van der Waals surface area (Å²) in [5.74, 6) is -0.388. The van der Waals surface area contributed by atoms with Crippen molar-refractivity contribution in [3.8, 4) is 10.4 Å². The molecule has 0 aliphatic carbocycles. The summed E-state index contributed by atoms with van der Waals surface area (Å²) in [6.07, 6.45) is 4.90. The normalized spacial score (nSPS) is 12.4. The highest BCUT2D eigenvalue weighted by molar-refractivity contribution is 7.17. The largest absolute Gasteiger partial charge is 0.449 e. The Kier molecular flexibility index (Phi) is 6.96. The Balaban J connectivity index is 1.26. The third kappa shape index (κ3) is 5.03. The van der Waals surface area contributed by atoms with Crippen molar-refractivity contribution in [1.82, 2.24) is 9.97 Å². The van der Waals surface area contributed by atoms with Crippen LogP contribution in [0.25, 0.3) is 10.4 Å². The van der Waals surface area contributed by atoms with E-state index in [-0.39, 0.29) is 17.5 Å². The van der Waals surface area contributed by atoms with Crippen LogP contribution in [-0.4, -0.2) is 28.3 Å². The van der Waals surface area contributed by atoms with E-state index in [0.29, 0.717) is 47.8 Å². The van der Waals surface area contributed by atoms with Crippen LogP contribution in [0.3, 0.4) is 0 Å². The summed E-state index contributed by atoms with van der Waals surface area (Å²) >= 11 is 1.34. The van der Waals surface area contributed by atoms with Gasteiger partial charge in [-0.05, 0) is 61.2 Å². The molecule has 0 unspecified atom stereocenters. The van der Waals surface area contributed by atoms with Gasteiger partial charge in [0.2, 0.25) is 0 Å². The monoisotopic (exact) mass is 552 g/mol. The summed E-state index contributed by atoms with van der Waals surface area (Å²) in [4.78, 5) is 38.8. The molecule has 0 bridgehead atoms. The Morgan fingerprint density at radius 1 is 1.07 bits per heavy atom. The van der Waals surface area contributed by atoms with Crippen LogP contribution < -0.4 is 10.2 Å². The number of benzene rings is 2. The first-order valence-electron chi connectivity index (χ1n) is 12.9. The van der Waals surface area contributed by atoms with Crippen LogP contribution in [0.1, 0.15) is 42.9 Å². The molecule has 1 aliphatic heterocycles. The Morgan fingerprint density at radius 3 is 2.75 bits per heavy atom. The van der Waals surface area contributed by atoms with E-state index >= 15 is 0 Å². The highest BCUT2D eigenvalue weighted by atomic mass is 32.1. The lowest BCUT2D eigenvalue weighted by atomic mass is 10.1. The zero-order chi connectivity index (χ0) is 27.6. The zero-order valence-corrected chi connectivity index (χ0v) is 22.5. The first-order chi connectivity index (χ1) is 19.5. The molecule has 1 aliphatic rings. The molecule has 4 heterocycles. The van der Waals surface area contributed by atoms with Gasteiger partial charge in [-0.2, -0.15) is 0 Å². The molecule has 7 nitrogen and oxygen atoms in total. The van der Waals surface area contributed by atoms with Gasteiger partial charge in [0.1, 0.15) is 17.8 Å². The molecule has 200 valence electrons. The number of aryl methyl sites for hydroxylation is 3. The topological polar surface area (TPSA) is 88.3 Å². The van der Waals surface area contributed by atoms with Gasteiger partial charge in [-0.15, -0.1) is 11.3 Å². The van der Waals surface area contributed by atoms with Crippen molar-refractivity contribution in [2.45, 2.75) is 26.2 Å². The Hall–Kier alpha value is -4.63. The Morgan fingerprint density at radius 2 is 1.93 bits per heavy atom. The van der Waals surface area contributed by atoms with Crippen LogP contribution in [0.2, 0.25) is 0 Å². The Bertz CT molecular complexity index is 1690.